The van der Waals surface area contributed by atoms with Crippen molar-refractivity contribution < 1.29 is 9.47 Å². The normalized spacial score (nSPS) is 16.0. The van der Waals surface area contributed by atoms with Crippen LogP contribution in [0.25, 0.3) is 0 Å². The summed E-state index contributed by atoms with van der Waals surface area (Å²) in [6.07, 6.45) is 0. The molecule has 136 valence electrons. The van der Waals surface area contributed by atoms with Gasteiger partial charge in [-0.25, -0.2) is 0 Å². The summed E-state index contributed by atoms with van der Waals surface area (Å²) < 4.78 is 10.8. The number of nitrogens with zero attached hydrogens (tertiary/aromatic N) is 3. The number of ether oxygens (including phenoxy) is 2. The van der Waals surface area contributed by atoms with Crippen LogP contribution in [-0.4, -0.2) is 30.4 Å². The molecular weight excluding hydrogens is 330 g/mol. The van der Waals surface area contributed by atoms with Gasteiger partial charge in [-0.2, -0.15) is 5.26 Å². The molecule has 1 atom stereocenters. The second kappa shape index (κ2) is 7.50. The molecule has 3 rings (SSSR count). The fraction of sp³-hybridized carbons (Fsp3) is 0.368. The van der Waals surface area contributed by atoms with E-state index < -0.39 is 0 Å². The maximum atomic E-state index is 9.66. The number of fused-ring (bicyclic) bond motifs is 1. The summed E-state index contributed by atoms with van der Waals surface area (Å²) in [5, 5.41) is 16.8. The third-order valence-corrected chi connectivity index (χ3v) is 4.66. The van der Waals surface area contributed by atoms with E-state index in [4.69, 9.17) is 15.2 Å². The zero-order chi connectivity index (χ0) is 18.7. The zero-order valence-electron chi connectivity index (χ0n) is 15.2. The van der Waals surface area contributed by atoms with Gasteiger partial charge in [0.25, 0.3) is 0 Å². The minimum absolute atomic E-state index is 0.0910. The summed E-state index contributed by atoms with van der Waals surface area (Å²) in [4.78, 5) is 2.27. The van der Waals surface area contributed by atoms with Crippen LogP contribution >= 0.6 is 0 Å². The Labute approximate surface area is 153 Å². The standard InChI is InChI=1S/C19H23N5O2/c1-4-24(5-2)13-8-6-12(7-9-13)16-14(10-20)18(21)26-19-17(16)15(11-25-3)22-23-19/h6-9,16H,4-5,11,21H2,1-3H3,(H,22,23)/t16-/m0/s1. The number of anilines is 1. The number of benzene rings is 1. The quantitative estimate of drug-likeness (QED) is 0.828. The predicted molar refractivity (Wildman–Crippen MR) is 98.6 cm³/mol. The van der Waals surface area contributed by atoms with Crippen LogP contribution in [0.3, 0.4) is 0 Å². The third-order valence-electron chi connectivity index (χ3n) is 4.66. The number of hydrogen-bond acceptors (Lipinski definition) is 6. The van der Waals surface area contributed by atoms with Gasteiger partial charge in [-0.3, -0.25) is 5.10 Å². The Morgan fingerprint density at radius 2 is 2.00 bits per heavy atom. The zero-order valence-corrected chi connectivity index (χ0v) is 15.2. The van der Waals surface area contributed by atoms with Crippen LogP contribution in [0.5, 0.6) is 5.88 Å². The van der Waals surface area contributed by atoms with Gasteiger partial charge in [-0.15, -0.1) is 5.10 Å². The lowest BCUT2D eigenvalue weighted by atomic mass is 9.84. The molecule has 0 spiro atoms. The van der Waals surface area contributed by atoms with E-state index in [1.807, 2.05) is 12.1 Å². The van der Waals surface area contributed by atoms with Gasteiger partial charge in [0, 0.05) is 25.9 Å². The highest BCUT2D eigenvalue weighted by atomic mass is 16.5. The van der Waals surface area contributed by atoms with Crippen LogP contribution in [0.4, 0.5) is 5.69 Å². The van der Waals surface area contributed by atoms with Gasteiger partial charge < -0.3 is 20.1 Å². The van der Waals surface area contributed by atoms with Gasteiger partial charge >= 0.3 is 0 Å². The van der Waals surface area contributed by atoms with Crippen molar-refractivity contribution in [2.24, 2.45) is 5.73 Å². The molecule has 1 aromatic heterocycles. The van der Waals surface area contributed by atoms with Gasteiger partial charge in [0.15, 0.2) is 0 Å². The molecule has 0 saturated heterocycles. The molecule has 1 aromatic carbocycles. The van der Waals surface area contributed by atoms with Crippen molar-refractivity contribution in [3.8, 4) is 11.9 Å². The van der Waals surface area contributed by atoms with E-state index in [1.54, 1.807) is 7.11 Å². The number of hydrogen-bond donors (Lipinski definition) is 2. The average molecular weight is 353 g/mol. The smallest absolute Gasteiger partial charge is 0.244 e. The van der Waals surface area contributed by atoms with Gasteiger partial charge in [-0.1, -0.05) is 12.1 Å². The van der Waals surface area contributed by atoms with Gasteiger partial charge in [0.05, 0.1) is 23.8 Å². The third kappa shape index (κ3) is 3.00. The van der Waals surface area contributed by atoms with Crippen molar-refractivity contribution >= 4 is 5.69 Å². The molecule has 0 saturated carbocycles. The molecule has 7 nitrogen and oxygen atoms in total. The number of allylic oxidation sites excluding steroid dienone is 1. The summed E-state index contributed by atoms with van der Waals surface area (Å²) in [5.41, 5.74) is 10.0. The molecule has 0 radical (unpaired) electrons. The number of aromatic amines is 1. The maximum absolute atomic E-state index is 9.66. The summed E-state index contributed by atoms with van der Waals surface area (Å²) in [5.74, 6) is 0.151. The van der Waals surface area contributed by atoms with Crippen LogP contribution in [-0.2, 0) is 11.3 Å². The lowest BCUT2D eigenvalue weighted by Crippen LogP contribution is -2.22. The molecule has 2 aromatic rings. The van der Waals surface area contributed by atoms with E-state index in [-0.39, 0.29) is 11.8 Å². The summed E-state index contributed by atoms with van der Waals surface area (Å²) in [6, 6.07) is 10.4. The van der Waals surface area contributed by atoms with Crippen LogP contribution in [0.2, 0.25) is 0 Å². The van der Waals surface area contributed by atoms with Crippen molar-refractivity contribution in [3.63, 3.8) is 0 Å². The van der Waals surface area contributed by atoms with E-state index in [0.29, 0.717) is 18.1 Å². The molecule has 0 unspecified atom stereocenters. The number of nitrogens with two attached hydrogens (primary N) is 1. The molecule has 7 heteroatoms. The van der Waals surface area contributed by atoms with Crippen molar-refractivity contribution in [1.82, 2.24) is 10.2 Å². The summed E-state index contributed by atoms with van der Waals surface area (Å²) >= 11 is 0. The Morgan fingerprint density at radius 3 is 2.58 bits per heavy atom. The van der Waals surface area contributed by atoms with E-state index in [9.17, 15) is 5.26 Å². The highest BCUT2D eigenvalue weighted by Crippen LogP contribution is 2.43. The molecule has 1 aliphatic heterocycles. The SMILES string of the molecule is CCN(CC)c1ccc([C@H]2C(C#N)=C(N)Oc3n[nH]c(COC)c32)cc1. The molecule has 0 fully saturated rings. The second-order valence-electron chi connectivity index (χ2n) is 6.04. The van der Waals surface area contributed by atoms with Crippen molar-refractivity contribution in [2.45, 2.75) is 26.4 Å². The number of H-pyrrole nitrogens is 1. The lowest BCUT2D eigenvalue weighted by Gasteiger charge is -2.25. The first kappa shape index (κ1) is 17.8. The van der Waals surface area contributed by atoms with Gasteiger partial charge in [-0.05, 0) is 31.5 Å². The molecule has 1 aliphatic rings. The van der Waals surface area contributed by atoms with E-state index in [1.165, 1.54) is 0 Å². The van der Waals surface area contributed by atoms with Crippen LogP contribution in [0.1, 0.15) is 36.6 Å². The minimum atomic E-state index is -0.335. The molecular formula is C19H23N5O2. The fourth-order valence-electron chi connectivity index (χ4n) is 3.36. The Morgan fingerprint density at radius 1 is 1.31 bits per heavy atom. The summed E-state index contributed by atoms with van der Waals surface area (Å²) in [6.45, 7) is 6.47. The van der Waals surface area contributed by atoms with E-state index >= 15 is 0 Å². The van der Waals surface area contributed by atoms with E-state index in [0.717, 1.165) is 35.6 Å². The number of nitrogens with one attached hydrogen (secondary N) is 1. The van der Waals surface area contributed by atoms with Crippen LogP contribution in [0, 0.1) is 11.3 Å². The monoisotopic (exact) mass is 353 g/mol. The fourth-order valence-corrected chi connectivity index (χ4v) is 3.36. The minimum Gasteiger partial charge on any atom is -0.420 e. The highest BCUT2D eigenvalue weighted by Gasteiger charge is 2.35. The number of aromatic nitrogens is 2. The highest BCUT2D eigenvalue weighted by molar-refractivity contribution is 5.57. The van der Waals surface area contributed by atoms with E-state index in [2.05, 4.69) is 47.1 Å². The molecule has 0 aliphatic carbocycles. The number of nitriles is 1. The largest absolute Gasteiger partial charge is 0.420 e. The summed E-state index contributed by atoms with van der Waals surface area (Å²) in [7, 11) is 1.61. The van der Waals surface area contributed by atoms with Gasteiger partial charge in [0.1, 0.15) is 11.6 Å². The Balaban J connectivity index is 2.07. The Bertz CT molecular complexity index is 844. The van der Waals surface area contributed by atoms with Crippen LogP contribution < -0.4 is 15.4 Å². The molecule has 26 heavy (non-hydrogen) atoms. The van der Waals surface area contributed by atoms with Crippen LogP contribution in [0.15, 0.2) is 35.7 Å². The molecule has 3 N–H and O–H groups in total. The first-order chi connectivity index (χ1) is 12.6. The second-order valence-corrected chi connectivity index (χ2v) is 6.04. The first-order valence-electron chi connectivity index (χ1n) is 8.63. The maximum Gasteiger partial charge on any atom is 0.244 e. The van der Waals surface area contributed by atoms with Crippen molar-refractivity contribution in [2.75, 3.05) is 25.1 Å². The van der Waals surface area contributed by atoms with Crippen molar-refractivity contribution in [3.05, 3.63) is 52.5 Å². The number of methoxy groups -OCH3 is 1. The first-order valence-corrected chi connectivity index (χ1v) is 8.63. The number of rotatable bonds is 6. The molecule has 0 amide bonds. The Hall–Kier alpha value is -2.98. The molecule has 0 bridgehead atoms. The molecule has 2 heterocycles. The van der Waals surface area contributed by atoms with Crippen molar-refractivity contribution in [1.29, 1.82) is 5.26 Å². The van der Waals surface area contributed by atoms with Gasteiger partial charge in [0.2, 0.25) is 11.8 Å². The predicted octanol–water partition coefficient (Wildman–Crippen LogP) is 2.62. The Kier molecular flexibility index (Phi) is 5.14. The topological polar surface area (TPSA) is 100 Å². The lowest BCUT2D eigenvalue weighted by molar-refractivity contribution is 0.180. The average Bonchev–Trinajstić information content (AvgIpc) is 3.05.